The standard InChI is InChI=1S/C11H14N2OS/c1-11(2,3)8-5-7-9(14-4)12-6-13-10(7)15-8/h5-6H,1-4H3. The van der Waals surface area contributed by atoms with Gasteiger partial charge in [0.05, 0.1) is 12.5 Å². The molecule has 0 atom stereocenters. The Morgan fingerprint density at radius 1 is 1.27 bits per heavy atom. The third kappa shape index (κ3) is 1.81. The van der Waals surface area contributed by atoms with Crippen molar-refractivity contribution in [2.24, 2.45) is 0 Å². The third-order valence-electron chi connectivity index (χ3n) is 2.23. The first-order chi connectivity index (χ1) is 7.02. The molecule has 4 heteroatoms. The fraction of sp³-hybridized carbons (Fsp3) is 0.455. The van der Waals surface area contributed by atoms with Crippen molar-refractivity contribution in [1.82, 2.24) is 9.97 Å². The largest absolute Gasteiger partial charge is 0.480 e. The lowest BCUT2D eigenvalue weighted by molar-refractivity contribution is 0.402. The zero-order valence-electron chi connectivity index (χ0n) is 9.37. The summed E-state index contributed by atoms with van der Waals surface area (Å²) in [5.41, 5.74) is 0.149. The Labute approximate surface area is 93.1 Å². The lowest BCUT2D eigenvalue weighted by atomic mass is 9.94. The molecule has 0 saturated heterocycles. The summed E-state index contributed by atoms with van der Waals surface area (Å²) in [4.78, 5) is 10.6. The summed E-state index contributed by atoms with van der Waals surface area (Å²) in [5.74, 6) is 0.659. The zero-order valence-corrected chi connectivity index (χ0v) is 10.2. The molecule has 0 aromatic carbocycles. The molecule has 80 valence electrons. The van der Waals surface area contributed by atoms with Gasteiger partial charge in [0.2, 0.25) is 5.88 Å². The van der Waals surface area contributed by atoms with Gasteiger partial charge in [-0.15, -0.1) is 11.3 Å². The van der Waals surface area contributed by atoms with Gasteiger partial charge < -0.3 is 4.74 Å². The summed E-state index contributed by atoms with van der Waals surface area (Å²) in [7, 11) is 1.64. The zero-order chi connectivity index (χ0) is 11.1. The smallest absolute Gasteiger partial charge is 0.225 e. The molecule has 0 aliphatic heterocycles. The van der Waals surface area contributed by atoms with Crippen LogP contribution in [-0.4, -0.2) is 17.1 Å². The molecule has 0 amide bonds. The van der Waals surface area contributed by atoms with Crippen LogP contribution in [0.25, 0.3) is 10.2 Å². The van der Waals surface area contributed by atoms with E-state index in [1.807, 2.05) is 0 Å². The van der Waals surface area contributed by atoms with Crippen LogP contribution in [0.5, 0.6) is 5.88 Å². The average molecular weight is 222 g/mol. The number of rotatable bonds is 1. The van der Waals surface area contributed by atoms with Crippen LogP contribution in [0.2, 0.25) is 0 Å². The number of fused-ring (bicyclic) bond motifs is 1. The molecule has 0 aliphatic rings. The first-order valence-electron chi connectivity index (χ1n) is 4.81. The van der Waals surface area contributed by atoms with E-state index in [1.165, 1.54) is 4.88 Å². The van der Waals surface area contributed by atoms with Gasteiger partial charge in [-0.05, 0) is 11.5 Å². The van der Waals surface area contributed by atoms with E-state index >= 15 is 0 Å². The van der Waals surface area contributed by atoms with Gasteiger partial charge in [0.25, 0.3) is 0 Å². The van der Waals surface area contributed by atoms with E-state index in [2.05, 4.69) is 36.8 Å². The number of methoxy groups -OCH3 is 1. The number of hydrogen-bond donors (Lipinski definition) is 0. The second-order valence-electron chi connectivity index (χ2n) is 4.46. The molecule has 0 bridgehead atoms. The van der Waals surface area contributed by atoms with Crippen molar-refractivity contribution in [2.75, 3.05) is 7.11 Å². The van der Waals surface area contributed by atoms with E-state index in [1.54, 1.807) is 24.8 Å². The van der Waals surface area contributed by atoms with Crippen LogP contribution < -0.4 is 4.74 Å². The molecular weight excluding hydrogens is 208 g/mol. The SMILES string of the molecule is COc1ncnc2sc(C(C)(C)C)cc12. The predicted octanol–water partition coefficient (Wildman–Crippen LogP) is 3.00. The Bertz CT molecular complexity index is 485. The van der Waals surface area contributed by atoms with E-state index in [0.717, 1.165) is 10.2 Å². The van der Waals surface area contributed by atoms with Crippen LogP contribution in [0.3, 0.4) is 0 Å². The first kappa shape index (κ1) is 10.4. The normalized spacial score (nSPS) is 12.0. The first-order valence-corrected chi connectivity index (χ1v) is 5.63. The number of hydrogen-bond acceptors (Lipinski definition) is 4. The minimum Gasteiger partial charge on any atom is -0.480 e. The van der Waals surface area contributed by atoms with Crippen LogP contribution in [-0.2, 0) is 5.41 Å². The monoisotopic (exact) mass is 222 g/mol. The van der Waals surface area contributed by atoms with Gasteiger partial charge >= 0.3 is 0 Å². The van der Waals surface area contributed by atoms with E-state index in [4.69, 9.17) is 4.74 Å². The van der Waals surface area contributed by atoms with E-state index in [0.29, 0.717) is 5.88 Å². The highest BCUT2D eigenvalue weighted by atomic mass is 32.1. The van der Waals surface area contributed by atoms with Crippen molar-refractivity contribution in [3.05, 3.63) is 17.3 Å². The minimum atomic E-state index is 0.149. The fourth-order valence-corrected chi connectivity index (χ4v) is 2.41. The molecule has 15 heavy (non-hydrogen) atoms. The highest BCUT2D eigenvalue weighted by molar-refractivity contribution is 7.18. The Balaban J connectivity index is 2.65. The summed E-state index contributed by atoms with van der Waals surface area (Å²) in [6.45, 7) is 6.58. The molecule has 0 N–H and O–H groups in total. The van der Waals surface area contributed by atoms with E-state index in [-0.39, 0.29) is 5.41 Å². The van der Waals surface area contributed by atoms with Crippen molar-refractivity contribution in [3.8, 4) is 5.88 Å². The lowest BCUT2D eigenvalue weighted by Gasteiger charge is -2.14. The number of nitrogens with zero attached hydrogens (tertiary/aromatic N) is 2. The molecule has 2 aromatic heterocycles. The molecule has 0 saturated carbocycles. The van der Waals surface area contributed by atoms with Gasteiger partial charge in [-0.1, -0.05) is 20.8 Å². The number of ether oxygens (including phenoxy) is 1. The maximum Gasteiger partial charge on any atom is 0.225 e. The van der Waals surface area contributed by atoms with Gasteiger partial charge in [-0.3, -0.25) is 0 Å². The van der Waals surface area contributed by atoms with Gasteiger partial charge in [0.1, 0.15) is 11.2 Å². The number of thiophene rings is 1. The highest BCUT2D eigenvalue weighted by Crippen LogP contribution is 2.35. The maximum absolute atomic E-state index is 5.21. The van der Waals surface area contributed by atoms with Gasteiger partial charge in [-0.25, -0.2) is 9.97 Å². The molecule has 3 nitrogen and oxygen atoms in total. The fourth-order valence-electron chi connectivity index (χ4n) is 1.37. The molecule has 0 fully saturated rings. The summed E-state index contributed by atoms with van der Waals surface area (Å²) < 4.78 is 5.21. The number of aromatic nitrogens is 2. The predicted molar refractivity (Wildman–Crippen MR) is 62.7 cm³/mol. The maximum atomic E-state index is 5.21. The quantitative estimate of drug-likeness (QED) is 0.744. The van der Waals surface area contributed by atoms with Crippen LogP contribution in [0.1, 0.15) is 25.6 Å². The van der Waals surface area contributed by atoms with Crippen LogP contribution in [0.15, 0.2) is 12.4 Å². The molecule has 0 aliphatic carbocycles. The Morgan fingerprint density at radius 2 is 2.00 bits per heavy atom. The topological polar surface area (TPSA) is 35.0 Å². The van der Waals surface area contributed by atoms with Gasteiger partial charge in [0, 0.05) is 4.88 Å². The minimum absolute atomic E-state index is 0.149. The van der Waals surface area contributed by atoms with Crippen LogP contribution >= 0.6 is 11.3 Å². The molecular formula is C11H14N2OS. The summed E-state index contributed by atoms with van der Waals surface area (Å²) in [6, 6.07) is 2.12. The van der Waals surface area contributed by atoms with Crippen LogP contribution in [0.4, 0.5) is 0 Å². The van der Waals surface area contributed by atoms with Crippen molar-refractivity contribution >= 4 is 21.6 Å². The van der Waals surface area contributed by atoms with Crippen molar-refractivity contribution in [1.29, 1.82) is 0 Å². The second-order valence-corrected chi connectivity index (χ2v) is 5.49. The summed E-state index contributed by atoms with van der Waals surface area (Å²) in [5, 5.41) is 1.01. The van der Waals surface area contributed by atoms with E-state index < -0.39 is 0 Å². The van der Waals surface area contributed by atoms with Crippen LogP contribution in [0, 0.1) is 0 Å². The Kier molecular flexibility index (Phi) is 2.38. The molecule has 2 heterocycles. The van der Waals surface area contributed by atoms with Gasteiger partial charge in [0.15, 0.2) is 0 Å². The summed E-state index contributed by atoms with van der Waals surface area (Å²) >= 11 is 1.70. The molecule has 0 radical (unpaired) electrons. The van der Waals surface area contributed by atoms with Crippen molar-refractivity contribution < 1.29 is 4.74 Å². The van der Waals surface area contributed by atoms with E-state index in [9.17, 15) is 0 Å². The molecule has 0 unspecified atom stereocenters. The third-order valence-corrected chi connectivity index (χ3v) is 3.69. The highest BCUT2D eigenvalue weighted by Gasteiger charge is 2.18. The second kappa shape index (κ2) is 3.45. The molecule has 2 rings (SSSR count). The average Bonchev–Trinajstić information content (AvgIpc) is 2.59. The Hall–Kier alpha value is -1.16. The molecule has 0 spiro atoms. The van der Waals surface area contributed by atoms with Crippen molar-refractivity contribution in [3.63, 3.8) is 0 Å². The summed E-state index contributed by atoms with van der Waals surface area (Å²) in [6.07, 6.45) is 1.55. The Morgan fingerprint density at radius 3 is 2.60 bits per heavy atom. The lowest BCUT2D eigenvalue weighted by Crippen LogP contribution is -2.07. The molecule has 2 aromatic rings. The van der Waals surface area contributed by atoms with Crippen molar-refractivity contribution in [2.45, 2.75) is 26.2 Å². The van der Waals surface area contributed by atoms with Gasteiger partial charge in [-0.2, -0.15) is 0 Å².